The summed E-state index contributed by atoms with van der Waals surface area (Å²) in [4.78, 5) is 2.38. The van der Waals surface area contributed by atoms with Crippen LogP contribution in [0.15, 0.2) is 72.8 Å². The van der Waals surface area contributed by atoms with E-state index in [4.69, 9.17) is 11.6 Å². The van der Waals surface area contributed by atoms with E-state index >= 15 is 0 Å². The van der Waals surface area contributed by atoms with Crippen LogP contribution in [0.2, 0.25) is 5.02 Å². The van der Waals surface area contributed by atoms with Crippen LogP contribution in [0.5, 0.6) is 0 Å². The normalized spacial score (nSPS) is 22.0. The second kappa shape index (κ2) is 21.9. The third-order valence-electron chi connectivity index (χ3n) is 14.0. The molecule has 2 heterocycles. The largest absolute Gasteiger partial charge is 0.385 e. The quantitative estimate of drug-likeness (QED) is 0.125. The average molecular weight is 925 g/mol. The van der Waals surface area contributed by atoms with Crippen molar-refractivity contribution in [2.45, 2.75) is 141 Å². The topological polar surface area (TPSA) is 118 Å². The Morgan fingerprint density at radius 3 is 1.74 bits per heavy atom. The summed E-state index contributed by atoms with van der Waals surface area (Å²) in [7, 11) is -5.85. The van der Waals surface area contributed by atoms with Gasteiger partial charge in [0.15, 0.2) is 19.7 Å². The number of aromatic nitrogens is 2. The molecule has 1 aromatic heterocycles. The van der Waals surface area contributed by atoms with Crippen LogP contribution in [0.25, 0.3) is 10.6 Å². The van der Waals surface area contributed by atoms with Crippen molar-refractivity contribution in [2.75, 3.05) is 29.5 Å². The first-order valence-electron chi connectivity index (χ1n) is 23.1. The second-order valence-electron chi connectivity index (χ2n) is 19.1. The Labute approximate surface area is 382 Å². The summed E-state index contributed by atoms with van der Waals surface area (Å²) in [6, 6.07) is 24.6. The van der Waals surface area contributed by atoms with Crippen LogP contribution in [0.1, 0.15) is 126 Å². The number of hydrogen-bond acceptors (Lipinski definition) is 9. The maximum absolute atomic E-state index is 12.3. The van der Waals surface area contributed by atoms with Gasteiger partial charge in [-0.05, 0) is 157 Å². The summed E-state index contributed by atoms with van der Waals surface area (Å²) in [6.07, 6.45) is 14.6. The van der Waals surface area contributed by atoms with Gasteiger partial charge in [-0.15, -0.1) is 10.2 Å². The van der Waals surface area contributed by atoms with Crippen LogP contribution in [0.4, 0.5) is 5.69 Å². The fourth-order valence-electron chi connectivity index (χ4n) is 9.50. The summed E-state index contributed by atoms with van der Waals surface area (Å²) >= 11 is 7.70. The monoisotopic (exact) mass is 923 g/mol. The van der Waals surface area contributed by atoms with Gasteiger partial charge in [-0.25, -0.2) is 16.8 Å². The molecule has 0 amide bonds. The number of sulfone groups is 2. The summed E-state index contributed by atoms with van der Waals surface area (Å²) < 4.78 is 48.7. The Balaban J connectivity index is 0.000000218. The lowest BCUT2D eigenvalue weighted by Gasteiger charge is -2.40. The number of nitrogens with zero attached hydrogens (tertiary/aromatic N) is 3. The molecule has 1 N–H and O–H groups in total. The predicted molar refractivity (Wildman–Crippen MR) is 259 cm³/mol. The molecule has 2 saturated carbocycles. The summed E-state index contributed by atoms with van der Waals surface area (Å²) in [5, 5.41) is 22.1. The van der Waals surface area contributed by atoms with E-state index in [0.717, 1.165) is 105 Å². The van der Waals surface area contributed by atoms with Crippen LogP contribution in [0.3, 0.4) is 0 Å². The van der Waals surface area contributed by atoms with Crippen LogP contribution in [0, 0.1) is 30.6 Å². The van der Waals surface area contributed by atoms with E-state index in [1.54, 1.807) is 39.0 Å². The third kappa shape index (κ3) is 13.6. The van der Waals surface area contributed by atoms with E-state index in [0.29, 0.717) is 53.0 Å². The maximum atomic E-state index is 12.3. The Morgan fingerprint density at radius 2 is 1.23 bits per heavy atom. The van der Waals surface area contributed by atoms with Gasteiger partial charge in [0.05, 0.1) is 27.6 Å². The molecule has 1 saturated heterocycles. The number of halogens is 1. The van der Waals surface area contributed by atoms with Gasteiger partial charge in [0.25, 0.3) is 0 Å². The van der Waals surface area contributed by atoms with Gasteiger partial charge in [0, 0.05) is 35.8 Å². The zero-order valence-corrected chi connectivity index (χ0v) is 40.9. The van der Waals surface area contributed by atoms with Crippen molar-refractivity contribution in [1.82, 2.24) is 10.2 Å². The van der Waals surface area contributed by atoms with Gasteiger partial charge in [0.1, 0.15) is 10.0 Å². The van der Waals surface area contributed by atoms with Gasteiger partial charge in [0.2, 0.25) is 0 Å². The fraction of sp³-hybridized carbons (Fsp3) is 0.600. The molecule has 3 aromatic carbocycles. The predicted octanol–water partition coefficient (Wildman–Crippen LogP) is 11.5. The molecule has 1 aliphatic heterocycles. The minimum Gasteiger partial charge on any atom is -0.385 e. The van der Waals surface area contributed by atoms with E-state index in [1.807, 2.05) is 42.5 Å². The lowest BCUT2D eigenvalue weighted by Crippen LogP contribution is -2.42. The minimum absolute atomic E-state index is 0.253. The van der Waals surface area contributed by atoms with E-state index in [-0.39, 0.29) is 10.5 Å². The highest BCUT2D eigenvalue weighted by Crippen LogP contribution is 2.37. The first kappa shape index (κ1) is 48.6. The highest BCUT2D eigenvalue weighted by atomic mass is 35.5. The first-order chi connectivity index (χ1) is 29.5. The van der Waals surface area contributed by atoms with Crippen molar-refractivity contribution in [3.8, 4) is 10.6 Å². The number of rotatable bonds is 15. The lowest BCUT2D eigenvalue weighted by molar-refractivity contribution is 0.0118. The standard InChI is InChI=1S/C30H42ClNO3S.C20H28N2O2S2/c1-22(2)36(34,35)21-25-6-4-24(5-7-25)8-9-26-10-15-29(20-23(26)3)32-18-16-30(33,17-19-32)27-11-13-28(31)14-12-27;1-15(2)26(23,24)14-17-10-8-16(9-11-17)12-13-19-21-22-20(25-19)18-6-4-3-5-7-18/h10-15,20,22,24-25,33H,4-9,16-19,21H2,1-3H3;3-7,15-17H,8-14H2,1-2H3. The molecule has 0 atom stereocenters. The molecular formula is C50H70ClN3O5S3. The Morgan fingerprint density at radius 1 is 0.710 bits per heavy atom. The van der Waals surface area contributed by atoms with Crippen molar-refractivity contribution in [3.05, 3.63) is 99.5 Å². The zero-order chi connectivity index (χ0) is 44.5. The smallest absolute Gasteiger partial charge is 0.152 e. The Bertz CT molecular complexity index is 2220. The maximum Gasteiger partial charge on any atom is 0.152 e. The Hall–Kier alpha value is -2.83. The molecule has 3 aliphatic rings. The van der Waals surface area contributed by atoms with Gasteiger partial charge < -0.3 is 10.0 Å². The zero-order valence-electron chi connectivity index (χ0n) is 37.6. The molecule has 3 fully saturated rings. The van der Waals surface area contributed by atoms with Crippen LogP contribution in [-0.2, 0) is 38.1 Å². The number of benzene rings is 3. The van der Waals surface area contributed by atoms with Crippen molar-refractivity contribution >= 4 is 48.3 Å². The average Bonchev–Trinajstić information content (AvgIpc) is 3.73. The van der Waals surface area contributed by atoms with E-state index < -0.39 is 25.3 Å². The Kier molecular flexibility index (Phi) is 17.2. The van der Waals surface area contributed by atoms with Crippen LogP contribution < -0.4 is 4.90 Å². The highest BCUT2D eigenvalue weighted by Gasteiger charge is 2.34. The van der Waals surface area contributed by atoms with E-state index in [1.165, 1.54) is 23.2 Å². The second-order valence-corrected chi connectivity index (χ2v) is 25.8. The molecule has 4 aromatic rings. The molecule has 8 nitrogen and oxygen atoms in total. The number of aryl methyl sites for hydroxylation is 3. The van der Waals surface area contributed by atoms with Crippen LogP contribution in [-0.4, -0.2) is 67.2 Å². The molecule has 7 rings (SSSR count). The molecule has 12 heteroatoms. The van der Waals surface area contributed by atoms with Gasteiger partial charge in [-0.3, -0.25) is 0 Å². The molecule has 62 heavy (non-hydrogen) atoms. The highest BCUT2D eigenvalue weighted by molar-refractivity contribution is 7.92. The van der Waals surface area contributed by atoms with E-state index in [9.17, 15) is 21.9 Å². The lowest BCUT2D eigenvalue weighted by atomic mass is 9.80. The fourth-order valence-corrected chi connectivity index (χ4v) is 13.2. The third-order valence-corrected chi connectivity index (χ3v) is 20.1. The van der Waals surface area contributed by atoms with Crippen molar-refractivity contribution in [1.29, 1.82) is 0 Å². The number of anilines is 1. The van der Waals surface area contributed by atoms with Crippen molar-refractivity contribution in [2.24, 2.45) is 23.7 Å². The first-order valence-corrected chi connectivity index (χ1v) is 27.8. The van der Waals surface area contributed by atoms with Crippen molar-refractivity contribution < 1.29 is 21.9 Å². The summed E-state index contributed by atoms with van der Waals surface area (Å²) in [5.74, 6) is 2.83. The molecule has 0 spiro atoms. The molecule has 2 aliphatic carbocycles. The minimum atomic E-state index is -2.93. The number of aliphatic hydroxyl groups is 1. The molecule has 0 unspecified atom stereocenters. The molecular weight excluding hydrogens is 854 g/mol. The SMILES string of the molecule is CC(C)S(=O)(=O)CC1CCC(CCc2nnc(-c3ccccc3)s2)CC1.Cc1cc(N2CCC(O)(c3ccc(Cl)cc3)CC2)ccc1CCC1CCC(CS(=O)(=O)C(C)C)CC1. The molecule has 0 radical (unpaired) electrons. The van der Waals surface area contributed by atoms with Gasteiger partial charge in [-0.2, -0.15) is 0 Å². The number of hydrogen-bond donors (Lipinski definition) is 1. The van der Waals surface area contributed by atoms with Crippen molar-refractivity contribution in [3.63, 3.8) is 0 Å². The van der Waals surface area contributed by atoms with Crippen LogP contribution >= 0.6 is 22.9 Å². The molecule has 0 bridgehead atoms. The van der Waals surface area contributed by atoms with E-state index in [2.05, 4.69) is 52.4 Å². The van der Waals surface area contributed by atoms with Gasteiger partial charge in [-0.1, -0.05) is 97.2 Å². The summed E-state index contributed by atoms with van der Waals surface area (Å²) in [6.45, 7) is 11.0. The number of piperidine rings is 1. The summed E-state index contributed by atoms with van der Waals surface area (Å²) in [5.41, 5.74) is 5.28. The molecule has 340 valence electrons. The van der Waals surface area contributed by atoms with Gasteiger partial charge >= 0.3 is 0 Å².